The van der Waals surface area contributed by atoms with Crippen molar-refractivity contribution in [3.63, 3.8) is 0 Å². The molecule has 1 aliphatic heterocycles. The van der Waals surface area contributed by atoms with Crippen LogP contribution in [0.15, 0.2) is 11.6 Å². The molecule has 0 spiro atoms. The van der Waals surface area contributed by atoms with Gasteiger partial charge < -0.3 is 14.2 Å². The summed E-state index contributed by atoms with van der Waals surface area (Å²) in [5.74, 6) is -0.285. The number of rotatable bonds is 4. The van der Waals surface area contributed by atoms with Crippen molar-refractivity contribution in [1.29, 1.82) is 0 Å². The topological polar surface area (TPSA) is 44.8 Å². The van der Waals surface area contributed by atoms with Gasteiger partial charge in [-0.25, -0.2) is 4.79 Å². The molecule has 0 bridgehead atoms. The molecule has 0 radical (unpaired) electrons. The number of hydrogen-bond acceptors (Lipinski definition) is 4. The van der Waals surface area contributed by atoms with Gasteiger partial charge in [0.05, 0.1) is 13.2 Å². The van der Waals surface area contributed by atoms with Gasteiger partial charge in [0.2, 0.25) is 0 Å². The molecule has 4 heteroatoms. The second-order valence-electron chi connectivity index (χ2n) is 6.65. The molecule has 1 heterocycles. The van der Waals surface area contributed by atoms with Crippen LogP contribution in [0.5, 0.6) is 0 Å². The quantitative estimate of drug-likeness (QED) is 0.582. The molecule has 19 heavy (non-hydrogen) atoms. The Morgan fingerprint density at radius 2 is 1.89 bits per heavy atom. The molecule has 0 saturated carbocycles. The fourth-order valence-electron chi connectivity index (χ4n) is 1.69. The Hall–Kier alpha value is -0.870. The average molecular weight is 270 g/mol. The Kier molecular flexibility index (Phi) is 5.16. The smallest absolute Gasteiger partial charge is 0.333 e. The van der Waals surface area contributed by atoms with Gasteiger partial charge in [0, 0.05) is 16.4 Å². The van der Waals surface area contributed by atoms with Crippen molar-refractivity contribution >= 4 is 5.97 Å². The van der Waals surface area contributed by atoms with Crippen LogP contribution in [0, 0.1) is 10.8 Å². The summed E-state index contributed by atoms with van der Waals surface area (Å²) in [7, 11) is 0. The lowest BCUT2D eigenvalue weighted by molar-refractivity contribution is -0.268. The molecule has 1 aliphatic rings. The molecule has 0 aromatic heterocycles. The highest BCUT2D eigenvalue weighted by Gasteiger charge is 2.38. The zero-order valence-corrected chi connectivity index (χ0v) is 12.9. The molecule has 0 unspecified atom stereocenters. The highest BCUT2D eigenvalue weighted by Crippen LogP contribution is 2.32. The minimum Gasteiger partial charge on any atom is -0.462 e. The normalized spacial score (nSPS) is 21.3. The molecule has 0 aromatic rings. The zero-order valence-electron chi connectivity index (χ0n) is 12.9. The average Bonchev–Trinajstić information content (AvgIpc) is 2.34. The predicted octanol–water partition coefficient (Wildman–Crippen LogP) is 2.92. The summed E-state index contributed by atoms with van der Waals surface area (Å²) in [6.07, 6.45) is 1.41. The Labute approximate surface area is 116 Å². The SMILES string of the molecule is CC=C(C)C(=O)OCC(C)(C)C1OCC(C)(C)CO1. The molecule has 110 valence electrons. The summed E-state index contributed by atoms with van der Waals surface area (Å²) in [5.41, 5.74) is 0.299. The first kappa shape index (κ1) is 16.2. The van der Waals surface area contributed by atoms with E-state index in [1.165, 1.54) is 0 Å². The Balaban J connectivity index is 2.50. The number of carbonyl (C=O) groups excluding carboxylic acids is 1. The number of allylic oxidation sites excluding steroid dienone is 1. The molecule has 0 aromatic carbocycles. The maximum absolute atomic E-state index is 11.6. The summed E-state index contributed by atoms with van der Waals surface area (Å²) in [5, 5.41) is 0. The number of ether oxygens (including phenoxy) is 3. The second kappa shape index (κ2) is 6.06. The Bertz CT molecular complexity index is 345. The third kappa shape index (κ3) is 4.62. The molecule has 1 saturated heterocycles. The molecule has 0 aliphatic carbocycles. The van der Waals surface area contributed by atoms with Crippen LogP contribution in [0.25, 0.3) is 0 Å². The van der Waals surface area contributed by atoms with Crippen LogP contribution in [-0.2, 0) is 19.0 Å². The summed E-state index contributed by atoms with van der Waals surface area (Å²) in [6.45, 7) is 13.3. The summed E-state index contributed by atoms with van der Waals surface area (Å²) >= 11 is 0. The van der Waals surface area contributed by atoms with Gasteiger partial charge in [0.25, 0.3) is 0 Å². The van der Waals surface area contributed by atoms with E-state index >= 15 is 0 Å². The third-order valence-corrected chi connectivity index (χ3v) is 3.22. The van der Waals surface area contributed by atoms with E-state index in [1.54, 1.807) is 13.0 Å². The van der Waals surface area contributed by atoms with Crippen molar-refractivity contribution in [2.75, 3.05) is 19.8 Å². The molecular formula is C15H26O4. The molecule has 0 amide bonds. The van der Waals surface area contributed by atoms with E-state index in [4.69, 9.17) is 14.2 Å². The molecule has 0 N–H and O–H groups in total. The lowest BCUT2D eigenvalue weighted by atomic mass is 9.90. The molecule has 1 rings (SSSR count). The standard InChI is InChI=1S/C15H26O4/c1-7-11(2)12(16)17-10-15(5,6)13-18-8-14(3,4)9-19-13/h7,13H,8-10H2,1-6H3. The molecule has 0 atom stereocenters. The van der Waals surface area contributed by atoms with Crippen molar-refractivity contribution in [3.8, 4) is 0 Å². The monoisotopic (exact) mass is 270 g/mol. The number of esters is 1. The van der Waals surface area contributed by atoms with Gasteiger partial charge in [0.15, 0.2) is 6.29 Å². The van der Waals surface area contributed by atoms with E-state index in [-0.39, 0.29) is 29.7 Å². The van der Waals surface area contributed by atoms with Gasteiger partial charge in [-0.2, -0.15) is 0 Å². The third-order valence-electron chi connectivity index (χ3n) is 3.22. The first-order chi connectivity index (χ1) is 8.68. The summed E-state index contributed by atoms with van der Waals surface area (Å²) < 4.78 is 16.8. The fourth-order valence-corrected chi connectivity index (χ4v) is 1.69. The number of hydrogen-bond donors (Lipinski definition) is 0. The van der Waals surface area contributed by atoms with E-state index in [0.717, 1.165) is 0 Å². The largest absolute Gasteiger partial charge is 0.462 e. The summed E-state index contributed by atoms with van der Waals surface area (Å²) in [6, 6.07) is 0. The van der Waals surface area contributed by atoms with Gasteiger partial charge in [-0.15, -0.1) is 0 Å². The first-order valence-corrected chi connectivity index (χ1v) is 6.71. The predicted molar refractivity (Wildman–Crippen MR) is 73.6 cm³/mol. The lowest BCUT2D eigenvalue weighted by Gasteiger charge is -2.41. The van der Waals surface area contributed by atoms with Gasteiger partial charge in [0.1, 0.15) is 6.61 Å². The fraction of sp³-hybridized carbons (Fsp3) is 0.800. The molecular weight excluding hydrogens is 244 g/mol. The zero-order chi connectivity index (χ0) is 14.7. The van der Waals surface area contributed by atoms with Crippen molar-refractivity contribution in [3.05, 3.63) is 11.6 Å². The maximum Gasteiger partial charge on any atom is 0.333 e. The van der Waals surface area contributed by atoms with Crippen LogP contribution in [0.2, 0.25) is 0 Å². The highest BCUT2D eigenvalue weighted by molar-refractivity contribution is 5.87. The van der Waals surface area contributed by atoms with Gasteiger partial charge in [-0.1, -0.05) is 33.8 Å². The van der Waals surface area contributed by atoms with E-state index in [0.29, 0.717) is 18.8 Å². The highest BCUT2D eigenvalue weighted by atomic mass is 16.7. The van der Waals surface area contributed by atoms with Crippen LogP contribution in [0.3, 0.4) is 0 Å². The van der Waals surface area contributed by atoms with Crippen LogP contribution in [0.4, 0.5) is 0 Å². The minimum absolute atomic E-state index is 0.0464. The number of carbonyl (C=O) groups is 1. The van der Waals surface area contributed by atoms with Crippen LogP contribution >= 0.6 is 0 Å². The van der Waals surface area contributed by atoms with E-state index in [9.17, 15) is 4.79 Å². The Morgan fingerprint density at radius 3 is 2.37 bits per heavy atom. The lowest BCUT2D eigenvalue weighted by Crippen LogP contribution is -2.46. The van der Waals surface area contributed by atoms with E-state index < -0.39 is 0 Å². The van der Waals surface area contributed by atoms with Crippen molar-refractivity contribution in [2.45, 2.75) is 47.8 Å². The van der Waals surface area contributed by atoms with Crippen molar-refractivity contribution in [1.82, 2.24) is 0 Å². The van der Waals surface area contributed by atoms with Crippen LogP contribution in [-0.4, -0.2) is 32.1 Å². The van der Waals surface area contributed by atoms with Crippen LogP contribution in [0.1, 0.15) is 41.5 Å². The van der Waals surface area contributed by atoms with E-state index in [2.05, 4.69) is 13.8 Å². The summed E-state index contributed by atoms with van der Waals surface area (Å²) in [4.78, 5) is 11.6. The van der Waals surface area contributed by atoms with Gasteiger partial charge in [-0.3, -0.25) is 0 Å². The van der Waals surface area contributed by atoms with Crippen molar-refractivity contribution < 1.29 is 19.0 Å². The molecule has 4 nitrogen and oxygen atoms in total. The first-order valence-electron chi connectivity index (χ1n) is 6.71. The molecule has 1 fully saturated rings. The Morgan fingerprint density at radius 1 is 1.37 bits per heavy atom. The second-order valence-corrected chi connectivity index (χ2v) is 6.65. The van der Waals surface area contributed by atoms with E-state index in [1.807, 2.05) is 20.8 Å². The van der Waals surface area contributed by atoms with Crippen LogP contribution < -0.4 is 0 Å². The van der Waals surface area contributed by atoms with Gasteiger partial charge in [-0.05, 0) is 13.8 Å². The minimum atomic E-state index is -0.361. The van der Waals surface area contributed by atoms with Gasteiger partial charge >= 0.3 is 5.97 Å². The van der Waals surface area contributed by atoms with Crippen molar-refractivity contribution in [2.24, 2.45) is 10.8 Å². The maximum atomic E-state index is 11.6.